The summed E-state index contributed by atoms with van der Waals surface area (Å²) in [6, 6.07) is 0. The predicted octanol–water partition coefficient (Wildman–Crippen LogP) is 0.576. The Kier molecular flexibility index (Phi) is 2.33. The number of thiazole rings is 1. The molecule has 0 aliphatic rings. The smallest absolute Gasteiger partial charge is 0.240 e. The molecule has 0 spiro atoms. The minimum atomic E-state index is 0.287. The highest BCUT2D eigenvalue weighted by atomic mass is 32.1. The molecule has 0 atom stereocenters. The molecule has 2 rings (SSSR count). The zero-order valence-corrected chi connectivity index (χ0v) is 7.62. The normalized spacial score (nSPS) is 10.5. The highest BCUT2D eigenvalue weighted by Crippen LogP contribution is 2.10. The van der Waals surface area contributed by atoms with Gasteiger partial charge in [0.05, 0.1) is 12.1 Å². The second kappa shape index (κ2) is 3.63. The van der Waals surface area contributed by atoms with E-state index in [1.807, 2.05) is 0 Å². The van der Waals surface area contributed by atoms with Crippen molar-refractivity contribution in [2.24, 2.45) is 5.73 Å². The van der Waals surface area contributed by atoms with E-state index in [2.05, 4.69) is 15.1 Å². The van der Waals surface area contributed by atoms with Crippen molar-refractivity contribution in [2.45, 2.75) is 13.0 Å². The van der Waals surface area contributed by atoms with Crippen LogP contribution in [0.15, 0.2) is 16.2 Å². The van der Waals surface area contributed by atoms with Crippen molar-refractivity contribution in [3.63, 3.8) is 0 Å². The van der Waals surface area contributed by atoms with Crippen LogP contribution in [-0.2, 0) is 13.0 Å². The molecule has 0 aliphatic carbocycles. The van der Waals surface area contributed by atoms with Crippen LogP contribution in [0.5, 0.6) is 0 Å². The summed E-state index contributed by atoms with van der Waals surface area (Å²) < 4.78 is 4.86. The minimum Gasteiger partial charge on any atom is -0.338 e. The lowest BCUT2D eigenvalue weighted by atomic mass is 10.4. The Hall–Kier alpha value is -1.27. The van der Waals surface area contributed by atoms with Gasteiger partial charge in [-0.3, -0.25) is 4.98 Å². The zero-order chi connectivity index (χ0) is 9.10. The van der Waals surface area contributed by atoms with Gasteiger partial charge in [0.15, 0.2) is 5.82 Å². The van der Waals surface area contributed by atoms with E-state index >= 15 is 0 Å². The Labute approximate surface area is 78.6 Å². The van der Waals surface area contributed by atoms with Gasteiger partial charge in [0.1, 0.15) is 0 Å². The first-order valence-electron chi connectivity index (χ1n) is 3.77. The Bertz CT molecular complexity index is 370. The van der Waals surface area contributed by atoms with E-state index in [1.165, 1.54) is 0 Å². The van der Waals surface area contributed by atoms with Crippen LogP contribution in [-0.4, -0.2) is 15.1 Å². The van der Waals surface area contributed by atoms with Crippen LogP contribution in [0.3, 0.4) is 0 Å². The van der Waals surface area contributed by atoms with E-state index in [1.54, 1.807) is 23.0 Å². The summed E-state index contributed by atoms with van der Waals surface area (Å²) in [5.41, 5.74) is 7.11. The molecule has 13 heavy (non-hydrogen) atoms. The highest BCUT2D eigenvalue weighted by Gasteiger charge is 2.05. The van der Waals surface area contributed by atoms with E-state index in [0.717, 1.165) is 4.88 Å². The number of hydrogen-bond acceptors (Lipinski definition) is 6. The molecular weight excluding hydrogens is 188 g/mol. The van der Waals surface area contributed by atoms with Crippen molar-refractivity contribution >= 4 is 11.3 Å². The standard InChI is InChI=1S/C7H8N4OS/c8-2-7-10-6(11-12-7)1-5-3-9-4-13-5/h3-4H,1-2,8H2. The van der Waals surface area contributed by atoms with Gasteiger partial charge in [0.25, 0.3) is 0 Å². The average molecular weight is 196 g/mol. The first-order valence-corrected chi connectivity index (χ1v) is 4.65. The van der Waals surface area contributed by atoms with Crippen molar-refractivity contribution in [1.82, 2.24) is 15.1 Å². The third kappa shape index (κ3) is 1.90. The van der Waals surface area contributed by atoms with E-state index < -0.39 is 0 Å². The van der Waals surface area contributed by atoms with E-state index in [4.69, 9.17) is 10.3 Å². The summed E-state index contributed by atoms with van der Waals surface area (Å²) in [4.78, 5) is 9.15. The zero-order valence-electron chi connectivity index (χ0n) is 6.80. The lowest BCUT2D eigenvalue weighted by Gasteiger charge is -1.85. The molecule has 5 nitrogen and oxygen atoms in total. The van der Waals surface area contributed by atoms with Crippen LogP contribution in [0.25, 0.3) is 0 Å². The topological polar surface area (TPSA) is 77.8 Å². The SMILES string of the molecule is NCc1nc(Cc2cncs2)no1. The Morgan fingerprint density at radius 2 is 2.46 bits per heavy atom. The number of hydrogen-bond donors (Lipinski definition) is 1. The summed E-state index contributed by atoms with van der Waals surface area (Å²) in [6.07, 6.45) is 2.46. The van der Waals surface area contributed by atoms with Crippen molar-refractivity contribution in [3.8, 4) is 0 Å². The largest absolute Gasteiger partial charge is 0.338 e. The number of aromatic nitrogens is 3. The van der Waals surface area contributed by atoms with Crippen molar-refractivity contribution < 1.29 is 4.52 Å². The third-order valence-corrected chi connectivity index (χ3v) is 2.28. The molecule has 0 fully saturated rings. The van der Waals surface area contributed by atoms with Gasteiger partial charge < -0.3 is 10.3 Å². The van der Waals surface area contributed by atoms with Crippen LogP contribution < -0.4 is 5.73 Å². The van der Waals surface area contributed by atoms with Gasteiger partial charge >= 0.3 is 0 Å². The fraction of sp³-hybridized carbons (Fsp3) is 0.286. The van der Waals surface area contributed by atoms with E-state index in [-0.39, 0.29) is 6.54 Å². The molecule has 0 unspecified atom stereocenters. The van der Waals surface area contributed by atoms with Crippen LogP contribution in [0.1, 0.15) is 16.6 Å². The highest BCUT2D eigenvalue weighted by molar-refractivity contribution is 7.09. The second-order valence-electron chi connectivity index (χ2n) is 2.45. The fourth-order valence-electron chi connectivity index (χ4n) is 0.930. The van der Waals surface area contributed by atoms with Gasteiger partial charge in [-0.05, 0) is 0 Å². The van der Waals surface area contributed by atoms with Crippen molar-refractivity contribution in [2.75, 3.05) is 0 Å². The van der Waals surface area contributed by atoms with Crippen molar-refractivity contribution in [1.29, 1.82) is 0 Å². The summed E-state index contributed by atoms with van der Waals surface area (Å²) in [6.45, 7) is 0.287. The van der Waals surface area contributed by atoms with Gasteiger partial charge in [-0.15, -0.1) is 11.3 Å². The molecule has 0 aliphatic heterocycles. The van der Waals surface area contributed by atoms with Crippen molar-refractivity contribution in [3.05, 3.63) is 28.3 Å². The number of nitrogens with zero attached hydrogens (tertiary/aromatic N) is 3. The molecule has 0 saturated heterocycles. The molecule has 0 radical (unpaired) electrons. The van der Waals surface area contributed by atoms with Gasteiger partial charge in [-0.2, -0.15) is 4.98 Å². The van der Waals surface area contributed by atoms with Gasteiger partial charge in [0, 0.05) is 17.5 Å². The molecule has 6 heteroatoms. The summed E-state index contributed by atoms with van der Waals surface area (Å²) in [7, 11) is 0. The fourth-order valence-corrected chi connectivity index (χ4v) is 1.52. The maximum atomic E-state index is 5.33. The first-order chi connectivity index (χ1) is 6.38. The lowest BCUT2D eigenvalue weighted by molar-refractivity contribution is 0.375. The molecule has 0 saturated carbocycles. The van der Waals surface area contributed by atoms with Crippen LogP contribution in [0.4, 0.5) is 0 Å². The van der Waals surface area contributed by atoms with Crippen LogP contribution in [0, 0.1) is 0 Å². The molecular formula is C7H8N4OS. The Balaban J connectivity index is 2.10. The predicted molar refractivity (Wildman–Crippen MR) is 47.1 cm³/mol. The average Bonchev–Trinajstić information content (AvgIpc) is 2.76. The summed E-state index contributed by atoms with van der Waals surface area (Å²) >= 11 is 1.57. The quantitative estimate of drug-likeness (QED) is 0.776. The van der Waals surface area contributed by atoms with E-state index in [9.17, 15) is 0 Å². The van der Waals surface area contributed by atoms with Gasteiger partial charge in [0.2, 0.25) is 5.89 Å². The minimum absolute atomic E-state index is 0.287. The maximum absolute atomic E-state index is 5.33. The third-order valence-electron chi connectivity index (χ3n) is 1.50. The summed E-state index contributed by atoms with van der Waals surface area (Å²) in [5.74, 6) is 1.13. The number of rotatable bonds is 3. The first kappa shape index (κ1) is 8.33. The number of nitrogens with two attached hydrogens (primary N) is 1. The molecule has 2 heterocycles. The second-order valence-corrected chi connectivity index (χ2v) is 3.42. The molecule has 2 N–H and O–H groups in total. The Morgan fingerprint density at radius 1 is 1.54 bits per heavy atom. The van der Waals surface area contributed by atoms with Crippen LogP contribution >= 0.6 is 11.3 Å². The molecule has 2 aromatic rings. The monoisotopic (exact) mass is 196 g/mol. The molecule has 0 aromatic carbocycles. The van der Waals surface area contributed by atoms with Gasteiger partial charge in [-0.1, -0.05) is 5.16 Å². The van der Waals surface area contributed by atoms with E-state index in [0.29, 0.717) is 18.1 Å². The maximum Gasteiger partial charge on any atom is 0.240 e. The molecule has 2 aromatic heterocycles. The molecule has 0 bridgehead atoms. The lowest BCUT2D eigenvalue weighted by Crippen LogP contribution is -1.96. The molecule has 68 valence electrons. The van der Waals surface area contributed by atoms with Gasteiger partial charge in [-0.25, -0.2) is 0 Å². The molecule has 0 amide bonds. The summed E-state index contributed by atoms with van der Waals surface area (Å²) in [5, 5.41) is 3.77. The Morgan fingerprint density at radius 3 is 3.08 bits per heavy atom. The van der Waals surface area contributed by atoms with Crippen LogP contribution in [0.2, 0.25) is 0 Å².